The second-order valence-electron chi connectivity index (χ2n) is 8.32. The molecule has 0 spiro atoms. The molecular formula is C18H28F3N7O2S2. The molecule has 0 aliphatic heterocycles. The third-order valence-corrected chi connectivity index (χ3v) is 6.99. The number of anilines is 2. The van der Waals surface area contributed by atoms with Gasteiger partial charge in [0.2, 0.25) is 5.13 Å². The van der Waals surface area contributed by atoms with Gasteiger partial charge in [0.1, 0.15) is 17.0 Å². The van der Waals surface area contributed by atoms with E-state index in [0.29, 0.717) is 19.0 Å². The van der Waals surface area contributed by atoms with E-state index in [1.165, 1.54) is 0 Å². The SMILES string of the molecule is C[C@@H](N)C(CNc1ncc(S(=O)(=O)Nc2ncns2)cc1C(F)(F)F)CC(C)(C)CCN. The molecule has 0 bridgehead atoms. The van der Waals surface area contributed by atoms with Crippen molar-refractivity contribution in [2.24, 2.45) is 22.8 Å². The fourth-order valence-corrected chi connectivity index (χ4v) is 4.85. The van der Waals surface area contributed by atoms with E-state index in [0.717, 1.165) is 30.5 Å². The molecule has 1 unspecified atom stereocenters. The molecule has 0 saturated heterocycles. The summed E-state index contributed by atoms with van der Waals surface area (Å²) in [4.78, 5) is 6.79. The number of nitrogens with zero attached hydrogens (tertiary/aromatic N) is 3. The summed E-state index contributed by atoms with van der Waals surface area (Å²) in [5.41, 5.74) is 10.4. The minimum absolute atomic E-state index is 0.0689. The van der Waals surface area contributed by atoms with Crippen LogP contribution in [0.5, 0.6) is 0 Å². The molecule has 0 aromatic carbocycles. The van der Waals surface area contributed by atoms with Gasteiger partial charge >= 0.3 is 6.18 Å². The molecule has 0 aliphatic rings. The Kier molecular flexibility index (Phi) is 8.42. The smallest absolute Gasteiger partial charge is 0.369 e. The van der Waals surface area contributed by atoms with Crippen LogP contribution in [0.15, 0.2) is 23.5 Å². The van der Waals surface area contributed by atoms with Gasteiger partial charge in [0.05, 0.1) is 5.56 Å². The van der Waals surface area contributed by atoms with Crippen LogP contribution in [-0.2, 0) is 16.2 Å². The zero-order chi connectivity index (χ0) is 24.2. The standard InChI is InChI=1S/C18H28F3N7O2S2/c1-11(23)12(7-17(2,3)4-5-22)8-24-15-14(18(19,20)21)6-13(9-25-15)32(29,30)28-16-26-10-27-31-16/h6,9-12H,4-5,7-8,22-23H2,1-3H3,(H,24,25)(H,26,27,28)/t11-,12?/m1/s1. The summed E-state index contributed by atoms with van der Waals surface area (Å²) in [6.07, 6.45) is -1.45. The maximum atomic E-state index is 13.7. The van der Waals surface area contributed by atoms with Gasteiger partial charge in [-0.15, -0.1) is 0 Å². The average Bonchev–Trinajstić information content (AvgIpc) is 3.16. The number of sulfonamides is 1. The second kappa shape index (κ2) is 10.3. The van der Waals surface area contributed by atoms with Crippen LogP contribution in [0.3, 0.4) is 0 Å². The fraction of sp³-hybridized carbons (Fsp3) is 0.611. The lowest BCUT2D eigenvalue weighted by Crippen LogP contribution is -2.36. The van der Waals surface area contributed by atoms with E-state index >= 15 is 0 Å². The van der Waals surface area contributed by atoms with Crippen LogP contribution < -0.4 is 21.5 Å². The van der Waals surface area contributed by atoms with Gasteiger partial charge < -0.3 is 16.8 Å². The second-order valence-corrected chi connectivity index (χ2v) is 10.8. The molecule has 32 heavy (non-hydrogen) atoms. The fourth-order valence-electron chi connectivity index (χ4n) is 3.22. The van der Waals surface area contributed by atoms with Crippen molar-refractivity contribution in [3.05, 3.63) is 24.2 Å². The predicted octanol–water partition coefficient (Wildman–Crippen LogP) is 2.89. The minimum Gasteiger partial charge on any atom is -0.369 e. The Bertz CT molecular complexity index is 981. The predicted molar refractivity (Wildman–Crippen MR) is 118 cm³/mol. The number of aromatic nitrogens is 3. The van der Waals surface area contributed by atoms with Crippen LogP contribution in [0, 0.1) is 11.3 Å². The summed E-state index contributed by atoms with van der Waals surface area (Å²) in [5.74, 6) is -0.614. The van der Waals surface area contributed by atoms with Crippen molar-refractivity contribution in [3.63, 3.8) is 0 Å². The summed E-state index contributed by atoms with van der Waals surface area (Å²) in [5, 5.41) is 2.64. The Hall–Kier alpha value is -2.03. The summed E-state index contributed by atoms with van der Waals surface area (Å²) in [6.45, 7) is 6.47. The number of halogens is 3. The number of hydrogen-bond acceptors (Lipinski definition) is 9. The van der Waals surface area contributed by atoms with Gasteiger partial charge in [-0.2, -0.15) is 17.5 Å². The largest absolute Gasteiger partial charge is 0.419 e. The van der Waals surface area contributed by atoms with E-state index in [2.05, 4.69) is 24.4 Å². The van der Waals surface area contributed by atoms with Gasteiger partial charge in [0.15, 0.2) is 0 Å². The van der Waals surface area contributed by atoms with Gasteiger partial charge in [0, 0.05) is 30.3 Å². The lowest BCUT2D eigenvalue weighted by atomic mass is 9.78. The molecule has 0 radical (unpaired) electrons. The van der Waals surface area contributed by atoms with Crippen molar-refractivity contribution in [2.45, 2.75) is 50.7 Å². The molecule has 2 heterocycles. The van der Waals surface area contributed by atoms with Crippen LogP contribution in [0.25, 0.3) is 0 Å². The first-order valence-corrected chi connectivity index (χ1v) is 12.1. The maximum Gasteiger partial charge on any atom is 0.419 e. The number of nitrogens with two attached hydrogens (primary N) is 2. The quantitative estimate of drug-likeness (QED) is 0.372. The topological polar surface area (TPSA) is 149 Å². The highest BCUT2D eigenvalue weighted by Gasteiger charge is 2.36. The zero-order valence-electron chi connectivity index (χ0n) is 18.0. The van der Waals surface area contributed by atoms with Crippen LogP contribution in [-0.4, -0.2) is 41.9 Å². The van der Waals surface area contributed by atoms with Crippen LogP contribution in [0.1, 0.15) is 39.2 Å². The third kappa shape index (κ3) is 7.25. The first-order valence-electron chi connectivity index (χ1n) is 9.81. The molecule has 6 N–H and O–H groups in total. The van der Waals surface area contributed by atoms with E-state index in [9.17, 15) is 21.6 Å². The van der Waals surface area contributed by atoms with E-state index in [-0.39, 0.29) is 29.1 Å². The molecule has 2 aromatic rings. The van der Waals surface area contributed by atoms with E-state index in [1.807, 2.05) is 13.8 Å². The summed E-state index contributed by atoms with van der Waals surface area (Å²) in [6, 6.07) is 0.252. The lowest BCUT2D eigenvalue weighted by molar-refractivity contribution is -0.137. The first kappa shape index (κ1) is 26.2. The van der Waals surface area contributed by atoms with Gasteiger partial charge in [-0.25, -0.2) is 18.4 Å². The Labute approximate surface area is 189 Å². The monoisotopic (exact) mass is 495 g/mol. The van der Waals surface area contributed by atoms with Gasteiger partial charge in [-0.3, -0.25) is 4.72 Å². The normalized spacial score (nSPS) is 14.8. The molecule has 0 fully saturated rings. The molecule has 2 atom stereocenters. The lowest BCUT2D eigenvalue weighted by Gasteiger charge is -2.32. The molecule has 0 amide bonds. The number of rotatable bonds is 11. The highest BCUT2D eigenvalue weighted by atomic mass is 32.2. The molecule has 9 nitrogen and oxygen atoms in total. The van der Waals surface area contributed by atoms with E-state index in [4.69, 9.17) is 11.5 Å². The molecule has 0 saturated carbocycles. The van der Waals surface area contributed by atoms with Crippen LogP contribution >= 0.6 is 11.5 Å². The maximum absolute atomic E-state index is 13.7. The summed E-state index contributed by atoms with van der Waals surface area (Å²) in [7, 11) is -4.32. The first-order chi connectivity index (χ1) is 14.7. The Morgan fingerprint density at radius 1 is 1.25 bits per heavy atom. The summed E-state index contributed by atoms with van der Waals surface area (Å²) < 4.78 is 71.7. The molecule has 0 aliphatic carbocycles. The van der Waals surface area contributed by atoms with Gasteiger partial charge in [-0.1, -0.05) is 13.8 Å². The zero-order valence-corrected chi connectivity index (χ0v) is 19.6. The number of nitrogens with one attached hydrogen (secondary N) is 2. The van der Waals surface area contributed by atoms with Crippen molar-refractivity contribution < 1.29 is 21.6 Å². The van der Waals surface area contributed by atoms with Crippen molar-refractivity contribution >= 4 is 32.5 Å². The Morgan fingerprint density at radius 3 is 2.47 bits per heavy atom. The Balaban J connectivity index is 2.27. The van der Waals surface area contributed by atoms with Crippen LogP contribution in [0.2, 0.25) is 0 Å². The van der Waals surface area contributed by atoms with Crippen molar-refractivity contribution in [3.8, 4) is 0 Å². The molecular weight excluding hydrogens is 467 g/mol. The number of alkyl halides is 3. The van der Waals surface area contributed by atoms with Crippen molar-refractivity contribution in [1.82, 2.24) is 14.3 Å². The number of pyridine rings is 1. The number of hydrogen-bond donors (Lipinski definition) is 4. The third-order valence-electron chi connectivity index (χ3n) is 4.97. The van der Waals surface area contributed by atoms with E-state index < -0.39 is 32.5 Å². The highest BCUT2D eigenvalue weighted by molar-refractivity contribution is 7.93. The van der Waals surface area contributed by atoms with Crippen molar-refractivity contribution in [1.29, 1.82) is 0 Å². The van der Waals surface area contributed by atoms with Crippen LogP contribution in [0.4, 0.5) is 24.1 Å². The van der Waals surface area contributed by atoms with Gasteiger partial charge in [0.25, 0.3) is 10.0 Å². The summed E-state index contributed by atoms with van der Waals surface area (Å²) >= 11 is 0.753. The highest BCUT2D eigenvalue weighted by Crippen LogP contribution is 2.36. The molecule has 2 rings (SSSR count). The molecule has 2 aromatic heterocycles. The minimum atomic E-state index is -4.83. The van der Waals surface area contributed by atoms with E-state index in [1.54, 1.807) is 6.92 Å². The van der Waals surface area contributed by atoms with Crippen molar-refractivity contribution in [2.75, 3.05) is 23.1 Å². The average molecular weight is 496 g/mol. The van der Waals surface area contributed by atoms with Gasteiger partial charge in [-0.05, 0) is 43.7 Å². The molecule has 14 heteroatoms. The molecule has 180 valence electrons. The Morgan fingerprint density at radius 2 is 1.94 bits per heavy atom.